The first kappa shape index (κ1) is 16.8. The second-order valence-corrected chi connectivity index (χ2v) is 6.27. The van der Waals surface area contributed by atoms with Crippen molar-refractivity contribution in [2.75, 3.05) is 38.6 Å². The predicted octanol–water partition coefficient (Wildman–Crippen LogP) is 1.29. The molecule has 2 heterocycles. The van der Waals surface area contributed by atoms with Crippen molar-refractivity contribution in [2.45, 2.75) is 39.2 Å². The summed E-state index contributed by atoms with van der Waals surface area (Å²) in [5, 5.41) is 7.96. The van der Waals surface area contributed by atoms with Crippen LogP contribution in [-0.2, 0) is 18.4 Å². The number of likely N-dealkylation sites (tertiary alicyclic amines) is 1. The van der Waals surface area contributed by atoms with E-state index in [1.54, 1.807) is 0 Å². The minimum atomic E-state index is 0.311. The lowest BCUT2D eigenvalue weighted by Gasteiger charge is -2.21. The molecule has 1 aliphatic rings. The third-order valence-corrected chi connectivity index (χ3v) is 4.27. The smallest absolute Gasteiger partial charge is 0.222 e. The number of aryl methyl sites for hydroxylation is 2. The first-order chi connectivity index (χ1) is 10.5. The summed E-state index contributed by atoms with van der Waals surface area (Å²) >= 11 is 0. The van der Waals surface area contributed by atoms with Crippen molar-refractivity contribution >= 4 is 11.7 Å². The molecule has 0 atom stereocenters. The van der Waals surface area contributed by atoms with Crippen molar-refractivity contribution in [2.24, 2.45) is 7.05 Å². The highest BCUT2D eigenvalue weighted by molar-refractivity contribution is 5.76. The van der Waals surface area contributed by atoms with Crippen LogP contribution in [0.25, 0.3) is 0 Å². The second kappa shape index (κ2) is 7.63. The Morgan fingerprint density at radius 1 is 1.27 bits per heavy atom. The van der Waals surface area contributed by atoms with Gasteiger partial charge in [-0.3, -0.25) is 9.48 Å². The van der Waals surface area contributed by atoms with Crippen molar-refractivity contribution < 1.29 is 4.79 Å². The number of hydrogen-bond donors (Lipinski definition) is 1. The summed E-state index contributed by atoms with van der Waals surface area (Å²) in [4.78, 5) is 16.1. The van der Waals surface area contributed by atoms with E-state index < -0.39 is 0 Å². The average molecular weight is 307 g/mol. The molecule has 0 spiro atoms. The van der Waals surface area contributed by atoms with Gasteiger partial charge in [-0.05, 0) is 19.8 Å². The van der Waals surface area contributed by atoms with Crippen LogP contribution in [-0.4, -0.2) is 54.3 Å². The van der Waals surface area contributed by atoms with E-state index in [0.29, 0.717) is 12.3 Å². The fourth-order valence-electron chi connectivity index (χ4n) is 3.16. The number of carbonyl (C=O) groups is 1. The standard InChI is InChI=1S/C16H29N5O/c1-13-14(16(19(2)3)20(4)18-13)12-17-9-11-21-10-7-5-6-8-15(21)22/h17H,5-12H2,1-4H3. The summed E-state index contributed by atoms with van der Waals surface area (Å²) < 4.78 is 1.92. The number of carbonyl (C=O) groups excluding carboxylic acids is 1. The number of aromatic nitrogens is 2. The lowest BCUT2D eigenvalue weighted by atomic mass is 10.2. The molecule has 6 heteroatoms. The van der Waals surface area contributed by atoms with Crippen LogP contribution >= 0.6 is 0 Å². The molecule has 2 rings (SSSR count). The third kappa shape index (κ3) is 4.00. The average Bonchev–Trinajstić information content (AvgIpc) is 2.60. The number of amides is 1. The molecule has 22 heavy (non-hydrogen) atoms. The molecule has 124 valence electrons. The minimum Gasteiger partial charge on any atom is -0.363 e. The maximum absolute atomic E-state index is 12.0. The Balaban J connectivity index is 1.85. The van der Waals surface area contributed by atoms with Gasteiger partial charge >= 0.3 is 0 Å². The van der Waals surface area contributed by atoms with E-state index >= 15 is 0 Å². The highest BCUT2D eigenvalue weighted by Crippen LogP contribution is 2.20. The Kier molecular flexibility index (Phi) is 5.83. The first-order valence-electron chi connectivity index (χ1n) is 8.19. The third-order valence-electron chi connectivity index (χ3n) is 4.27. The quantitative estimate of drug-likeness (QED) is 0.805. The van der Waals surface area contributed by atoms with Gasteiger partial charge < -0.3 is 15.1 Å². The summed E-state index contributed by atoms with van der Waals surface area (Å²) in [7, 11) is 6.05. The summed E-state index contributed by atoms with van der Waals surface area (Å²) in [5.74, 6) is 1.45. The van der Waals surface area contributed by atoms with Crippen LogP contribution in [0.3, 0.4) is 0 Å². The molecule has 6 nitrogen and oxygen atoms in total. The zero-order valence-corrected chi connectivity index (χ0v) is 14.4. The van der Waals surface area contributed by atoms with Gasteiger partial charge in [-0.25, -0.2) is 0 Å². The van der Waals surface area contributed by atoms with Gasteiger partial charge in [-0.2, -0.15) is 5.10 Å². The van der Waals surface area contributed by atoms with Gasteiger partial charge in [0.1, 0.15) is 5.82 Å². The van der Waals surface area contributed by atoms with E-state index in [9.17, 15) is 4.79 Å². The van der Waals surface area contributed by atoms with E-state index in [1.165, 1.54) is 12.0 Å². The van der Waals surface area contributed by atoms with Gasteiger partial charge in [-0.15, -0.1) is 0 Å². The Bertz CT molecular complexity index is 509. The number of rotatable bonds is 6. The Morgan fingerprint density at radius 3 is 2.77 bits per heavy atom. The molecule has 0 bridgehead atoms. The van der Waals surface area contributed by atoms with E-state index in [2.05, 4.69) is 15.3 Å². The summed E-state index contributed by atoms with van der Waals surface area (Å²) in [5.41, 5.74) is 2.29. The topological polar surface area (TPSA) is 53.4 Å². The number of nitrogens with one attached hydrogen (secondary N) is 1. The molecule has 0 aliphatic carbocycles. The van der Waals surface area contributed by atoms with E-state index in [1.807, 2.05) is 37.6 Å². The van der Waals surface area contributed by atoms with E-state index in [-0.39, 0.29) is 0 Å². The Hall–Kier alpha value is -1.56. The molecular formula is C16H29N5O. The fourth-order valence-corrected chi connectivity index (χ4v) is 3.16. The molecule has 1 aromatic rings. The van der Waals surface area contributed by atoms with Crippen molar-refractivity contribution in [1.29, 1.82) is 0 Å². The van der Waals surface area contributed by atoms with Gasteiger partial charge in [0.2, 0.25) is 5.91 Å². The molecule has 1 amide bonds. The van der Waals surface area contributed by atoms with Crippen molar-refractivity contribution in [3.8, 4) is 0 Å². The van der Waals surface area contributed by atoms with Crippen LogP contribution in [0.5, 0.6) is 0 Å². The lowest BCUT2D eigenvalue weighted by Crippen LogP contribution is -2.36. The molecule has 0 aromatic carbocycles. The fraction of sp³-hybridized carbons (Fsp3) is 0.750. The second-order valence-electron chi connectivity index (χ2n) is 6.27. The molecule has 1 N–H and O–H groups in total. The molecule has 0 unspecified atom stereocenters. The van der Waals surface area contributed by atoms with Gasteiger partial charge in [0.05, 0.1) is 5.69 Å². The van der Waals surface area contributed by atoms with Crippen LogP contribution < -0.4 is 10.2 Å². The van der Waals surface area contributed by atoms with E-state index in [4.69, 9.17) is 0 Å². The summed E-state index contributed by atoms with van der Waals surface area (Å²) in [6.45, 7) is 5.37. The Morgan fingerprint density at radius 2 is 2.05 bits per heavy atom. The van der Waals surface area contributed by atoms with Gasteiger partial charge in [-0.1, -0.05) is 6.42 Å². The SMILES string of the molecule is Cc1nn(C)c(N(C)C)c1CNCCN1CCCCCC1=O. The minimum absolute atomic E-state index is 0.311. The maximum Gasteiger partial charge on any atom is 0.222 e. The van der Waals surface area contributed by atoms with Crippen LogP contribution in [0, 0.1) is 6.92 Å². The Labute approximate surface area is 133 Å². The van der Waals surface area contributed by atoms with Crippen LogP contribution in [0.2, 0.25) is 0 Å². The summed E-state index contributed by atoms with van der Waals surface area (Å²) in [6, 6.07) is 0. The molecular weight excluding hydrogens is 278 g/mol. The van der Waals surface area contributed by atoms with Gasteiger partial charge in [0.25, 0.3) is 0 Å². The molecule has 1 fully saturated rings. The number of nitrogens with zero attached hydrogens (tertiary/aromatic N) is 4. The monoisotopic (exact) mass is 307 g/mol. The highest BCUT2D eigenvalue weighted by atomic mass is 16.2. The van der Waals surface area contributed by atoms with Crippen molar-refractivity contribution in [3.05, 3.63) is 11.3 Å². The van der Waals surface area contributed by atoms with Gasteiger partial charge in [0, 0.05) is 59.3 Å². The van der Waals surface area contributed by atoms with Gasteiger partial charge in [0.15, 0.2) is 0 Å². The first-order valence-corrected chi connectivity index (χ1v) is 8.19. The number of hydrogen-bond acceptors (Lipinski definition) is 4. The summed E-state index contributed by atoms with van der Waals surface area (Å²) in [6.07, 6.45) is 4.07. The zero-order valence-electron chi connectivity index (χ0n) is 14.4. The molecule has 1 aromatic heterocycles. The zero-order chi connectivity index (χ0) is 16.1. The highest BCUT2D eigenvalue weighted by Gasteiger charge is 2.17. The molecule has 1 aliphatic heterocycles. The normalized spacial score (nSPS) is 16.0. The predicted molar refractivity (Wildman–Crippen MR) is 89.0 cm³/mol. The van der Waals surface area contributed by atoms with Crippen molar-refractivity contribution in [1.82, 2.24) is 20.0 Å². The lowest BCUT2D eigenvalue weighted by molar-refractivity contribution is -0.130. The number of anilines is 1. The van der Waals surface area contributed by atoms with Crippen LogP contribution in [0.1, 0.15) is 36.9 Å². The molecule has 1 saturated heterocycles. The maximum atomic E-state index is 12.0. The molecule has 0 saturated carbocycles. The van der Waals surface area contributed by atoms with Crippen LogP contribution in [0.15, 0.2) is 0 Å². The van der Waals surface area contributed by atoms with E-state index in [0.717, 1.165) is 50.5 Å². The largest absolute Gasteiger partial charge is 0.363 e. The van der Waals surface area contributed by atoms with Crippen LogP contribution in [0.4, 0.5) is 5.82 Å². The molecule has 0 radical (unpaired) electrons. The van der Waals surface area contributed by atoms with Crippen molar-refractivity contribution in [3.63, 3.8) is 0 Å².